The predicted molar refractivity (Wildman–Crippen MR) is 72.7 cm³/mol. The van der Waals surface area contributed by atoms with Crippen molar-refractivity contribution in [1.82, 2.24) is 15.1 Å². The Labute approximate surface area is 115 Å². The molecule has 0 spiro atoms. The monoisotopic (exact) mass is 271 g/mol. The third-order valence-corrected chi connectivity index (χ3v) is 2.88. The van der Waals surface area contributed by atoms with Crippen LogP contribution in [0.4, 0.5) is 0 Å². The molecule has 0 radical (unpaired) electrons. The zero-order valence-corrected chi connectivity index (χ0v) is 10.9. The van der Waals surface area contributed by atoms with E-state index >= 15 is 0 Å². The first-order valence-electron chi connectivity index (χ1n) is 5.75. The first-order valence-corrected chi connectivity index (χ1v) is 6.13. The molecule has 19 heavy (non-hydrogen) atoms. The second-order valence-electron chi connectivity index (χ2n) is 4.16. The Balaban J connectivity index is 2.00. The predicted octanol–water partition coefficient (Wildman–Crippen LogP) is 3.76. The standard InChI is InChI=1S/C14H10ClN3O/c1-9-3-2-4-10(7-9)13-17-14(19-18-13)11-5-6-16-12(15)8-11/h2-8H,1H3. The van der Waals surface area contributed by atoms with Gasteiger partial charge in [-0.15, -0.1) is 0 Å². The van der Waals surface area contributed by atoms with Gasteiger partial charge in [-0.25, -0.2) is 4.98 Å². The first kappa shape index (κ1) is 11.9. The Hall–Kier alpha value is -2.20. The van der Waals surface area contributed by atoms with Gasteiger partial charge < -0.3 is 4.52 Å². The summed E-state index contributed by atoms with van der Waals surface area (Å²) in [4.78, 5) is 8.29. The van der Waals surface area contributed by atoms with Gasteiger partial charge in [-0.1, -0.05) is 40.5 Å². The Morgan fingerprint density at radius 2 is 2.00 bits per heavy atom. The lowest BCUT2D eigenvalue weighted by Crippen LogP contribution is -1.83. The summed E-state index contributed by atoms with van der Waals surface area (Å²) in [5.74, 6) is 0.993. The Morgan fingerprint density at radius 3 is 2.79 bits per heavy atom. The molecule has 0 bridgehead atoms. The van der Waals surface area contributed by atoms with Crippen LogP contribution < -0.4 is 0 Å². The molecule has 3 rings (SSSR count). The van der Waals surface area contributed by atoms with Crippen LogP contribution in [0.15, 0.2) is 47.1 Å². The van der Waals surface area contributed by atoms with Crippen molar-refractivity contribution in [3.63, 3.8) is 0 Å². The summed E-state index contributed by atoms with van der Waals surface area (Å²) >= 11 is 5.84. The molecule has 3 aromatic rings. The molecule has 0 fully saturated rings. The summed E-state index contributed by atoms with van der Waals surface area (Å²) in [5, 5.41) is 4.38. The van der Waals surface area contributed by atoms with Crippen molar-refractivity contribution in [2.45, 2.75) is 6.92 Å². The molecule has 0 N–H and O–H groups in total. The second kappa shape index (κ2) is 4.82. The van der Waals surface area contributed by atoms with Crippen molar-refractivity contribution in [2.24, 2.45) is 0 Å². The lowest BCUT2D eigenvalue weighted by Gasteiger charge is -1.95. The van der Waals surface area contributed by atoms with E-state index in [9.17, 15) is 0 Å². The highest BCUT2D eigenvalue weighted by Crippen LogP contribution is 2.23. The average molecular weight is 272 g/mol. The molecule has 4 nitrogen and oxygen atoms in total. The molecule has 0 aliphatic rings. The molecule has 0 unspecified atom stereocenters. The van der Waals surface area contributed by atoms with Gasteiger partial charge in [0.1, 0.15) is 5.15 Å². The molecule has 2 heterocycles. The summed E-state index contributed by atoms with van der Waals surface area (Å²) in [7, 11) is 0. The van der Waals surface area contributed by atoms with Crippen LogP contribution in [0.3, 0.4) is 0 Å². The Bertz CT molecular complexity index is 664. The summed E-state index contributed by atoms with van der Waals surface area (Å²) in [6, 6.07) is 11.4. The van der Waals surface area contributed by atoms with Gasteiger partial charge in [-0.2, -0.15) is 4.98 Å². The van der Waals surface area contributed by atoms with Crippen LogP contribution in [0.2, 0.25) is 5.15 Å². The van der Waals surface area contributed by atoms with Gasteiger partial charge in [-0.3, -0.25) is 0 Å². The molecule has 0 aliphatic carbocycles. The minimum absolute atomic E-state index is 0.396. The number of hydrogen-bond acceptors (Lipinski definition) is 4. The van der Waals surface area contributed by atoms with Crippen LogP contribution in [0.25, 0.3) is 22.8 Å². The lowest BCUT2D eigenvalue weighted by molar-refractivity contribution is 0.432. The number of rotatable bonds is 2. The van der Waals surface area contributed by atoms with Gasteiger partial charge in [0.05, 0.1) is 0 Å². The lowest BCUT2D eigenvalue weighted by atomic mass is 10.1. The van der Waals surface area contributed by atoms with Crippen LogP contribution in [-0.2, 0) is 0 Å². The Kier molecular flexibility index (Phi) is 3.01. The summed E-state index contributed by atoms with van der Waals surface area (Å²) in [6.45, 7) is 2.02. The second-order valence-corrected chi connectivity index (χ2v) is 4.55. The zero-order valence-electron chi connectivity index (χ0n) is 10.2. The number of aryl methyl sites for hydroxylation is 1. The maximum atomic E-state index is 5.84. The summed E-state index contributed by atoms with van der Waals surface area (Å²) < 4.78 is 5.25. The topological polar surface area (TPSA) is 51.8 Å². The van der Waals surface area contributed by atoms with Gasteiger partial charge in [0.2, 0.25) is 5.82 Å². The molecule has 0 aliphatic heterocycles. The van der Waals surface area contributed by atoms with E-state index in [-0.39, 0.29) is 0 Å². The van der Waals surface area contributed by atoms with Crippen molar-refractivity contribution in [3.05, 3.63) is 53.3 Å². The molecule has 0 saturated heterocycles. The van der Waals surface area contributed by atoms with Crippen LogP contribution in [0.1, 0.15) is 5.56 Å². The fourth-order valence-electron chi connectivity index (χ4n) is 1.78. The maximum absolute atomic E-state index is 5.84. The van der Waals surface area contributed by atoms with Crippen molar-refractivity contribution in [2.75, 3.05) is 0 Å². The fourth-order valence-corrected chi connectivity index (χ4v) is 1.95. The molecule has 2 aromatic heterocycles. The van der Waals surface area contributed by atoms with E-state index in [4.69, 9.17) is 16.1 Å². The SMILES string of the molecule is Cc1cccc(-c2noc(-c3ccnc(Cl)c3)n2)c1. The van der Waals surface area contributed by atoms with Crippen molar-refractivity contribution < 1.29 is 4.52 Å². The van der Waals surface area contributed by atoms with Gasteiger partial charge in [0, 0.05) is 17.3 Å². The van der Waals surface area contributed by atoms with Gasteiger partial charge in [0.25, 0.3) is 5.89 Å². The largest absolute Gasteiger partial charge is 0.334 e. The van der Waals surface area contributed by atoms with Crippen molar-refractivity contribution in [1.29, 1.82) is 0 Å². The molecule has 1 aromatic carbocycles. The first-order chi connectivity index (χ1) is 9.22. The number of aromatic nitrogens is 3. The van der Waals surface area contributed by atoms with Crippen molar-refractivity contribution >= 4 is 11.6 Å². The number of pyridine rings is 1. The number of hydrogen-bond donors (Lipinski definition) is 0. The molecular weight excluding hydrogens is 262 g/mol. The van der Waals surface area contributed by atoms with E-state index in [1.807, 2.05) is 31.2 Å². The highest BCUT2D eigenvalue weighted by Gasteiger charge is 2.11. The molecule has 5 heteroatoms. The molecular formula is C14H10ClN3O. The average Bonchev–Trinajstić information content (AvgIpc) is 2.88. The number of nitrogens with zero attached hydrogens (tertiary/aromatic N) is 3. The zero-order chi connectivity index (χ0) is 13.2. The third-order valence-electron chi connectivity index (χ3n) is 2.68. The highest BCUT2D eigenvalue weighted by molar-refractivity contribution is 6.29. The van der Waals surface area contributed by atoms with Crippen LogP contribution >= 0.6 is 11.6 Å². The van der Waals surface area contributed by atoms with Crippen LogP contribution in [0, 0.1) is 6.92 Å². The molecule has 0 saturated carbocycles. The van der Waals surface area contributed by atoms with E-state index in [0.29, 0.717) is 16.9 Å². The smallest absolute Gasteiger partial charge is 0.258 e. The van der Waals surface area contributed by atoms with Gasteiger partial charge in [0.15, 0.2) is 0 Å². The quantitative estimate of drug-likeness (QED) is 0.666. The Morgan fingerprint density at radius 1 is 1.11 bits per heavy atom. The molecule has 0 amide bonds. The highest BCUT2D eigenvalue weighted by atomic mass is 35.5. The number of halogens is 1. The van der Waals surface area contributed by atoms with Gasteiger partial charge in [-0.05, 0) is 25.1 Å². The minimum atomic E-state index is 0.396. The van der Waals surface area contributed by atoms with E-state index in [0.717, 1.165) is 16.7 Å². The summed E-state index contributed by atoms with van der Waals surface area (Å²) in [6.07, 6.45) is 1.61. The third kappa shape index (κ3) is 2.48. The molecule has 0 atom stereocenters. The van der Waals surface area contributed by atoms with Crippen LogP contribution in [0.5, 0.6) is 0 Å². The fraction of sp³-hybridized carbons (Fsp3) is 0.0714. The van der Waals surface area contributed by atoms with Gasteiger partial charge >= 0.3 is 0 Å². The van der Waals surface area contributed by atoms with E-state index < -0.39 is 0 Å². The summed E-state index contributed by atoms with van der Waals surface area (Å²) in [5.41, 5.74) is 2.83. The van der Waals surface area contributed by atoms with E-state index in [1.54, 1.807) is 18.3 Å². The minimum Gasteiger partial charge on any atom is -0.334 e. The van der Waals surface area contributed by atoms with E-state index in [2.05, 4.69) is 15.1 Å². The molecule has 94 valence electrons. The number of benzene rings is 1. The van der Waals surface area contributed by atoms with Crippen molar-refractivity contribution in [3.8, 4) is 22.8 Å². The maximum Gasteiger partial charge on any atom is 0.258 e. The van der Waals surface area contributed by atoms with Crippen LogP contribution in [-0.4, -0.2) is 15.1 Å². The normalized spacial score (nSPS) is 10.6. The van der Waals surface area contributed by atoms with E-state index in [1.165, 1.54) is 0 Å².